The number of nitrogens with one attached hydrogen (secondary N) is 1. The highest BCUT2D eigenvalue weighted by molar-refractivity contribution is 7.92. The summed E-state index contributed by atoms with van der Waals surface area (Å²) in [6, 6.07) is 6.73. The Morgan fingerprint density at radius 3 is 2.41 bits per heavy atom. The molecular weight excluding hydrogens is 899 g/mol. The van der Waals surface area contributed by atoms with Crippen LogP contribution in [0.15, 0.2) is 40.3 Å². The molecule has 0 fully saturated rings. The van der Waals surface area contributed by atoms with Gasteiger partial charge in [0, 0.05) is 31.9 Å². The van der Waals surface area contributed by atoms with Gasteiger partial charge in [-0.1, -0.05) is 58.4 Å². The molecular formula is C34H38Cl4N9O10PS. The lowest BCUT2D eigenvalue weighted by atomic mass is 10.2. The maximum absolute atomic E-state index is 12.7. The van der Waals surface area contributed by atoms with Crippen LogP contribution in [0.3, 0.4) is 0 Å². The molecule has 0 spiro atoms. The Morgan fingerprint density at radius 2 is 1.80 bits per heavy atom. The van der Waals surface area contributed by atoms with E-state index in [0.717, 1.165) is 29.6 Å². The molecule has 2 unspecified atom stereocenters. The zero-order valence-corrected chi connectivity index (χ0v) is 36.5. The van der Waals surface area contributed by atoms with Gasteiger partial charge in [-0.3, -0.25) is 18.6 Å². The molecule has 1 aliphatic heterocycles. The molecule has 0 bridgehead atoms. The van der Waals surface area contributed by atoms with Crippen LogP contribution in [0.5, 0.6) is 17.5 Å². The minimum Gasteiger partial charge on any atom is -0.481 e. The number of terminal acetylenes is 1. The van der Waals surface area contributed by atoms with Gasteiger partial charge in [-0.05, 0) is 43.9 Å². The van der Waals surface area contributed by atoms with E-state index in [1.807, 2.05) is 0 Å². The van der Waals surface area contributed by atoms with Crippen LogP contribution < -0.4 is 30.4 Å². The molecule has 318 valence electrons. The Balaban J connectivity index is 0.000000211. The van der Waals surface area contributed by atoms with Crippen LogP contribution in [0, 0.1) is 19.3 Å². The third kappa shape index (κ3) is 12.0. The fourth-order valence-electron chi connectivity index (χ4n) is 5.07. The number of rotatable bonds is 12. The number of aliphatic carboxylic acids is 1. The number of aromatic nitrogens is 7. The number of carboxylic acid groups (broad SMARTS) is 1. The van der Waals surface area contributed by atoms with Gasteiger partial charge in [-0.15, -0.1) is 16.6 Å². The van der Waals surface area contributed by atoms with Gasteiger partial charge >= 0.3 is 11.7 Å². The summed E-state index contributed by atoms with van der Waals surface area (Å²) in [4.78, 5) is 39.3. The van der Waals surface area contributed by atoms with Crippen LogP contribution in [-0.4, -0.2) is 98.0 Å². The van der Waals surface area contributed by atoms with Gasteiger partial charge in [0.2, 0.25) is 11.8 Å². The number of nitrogens with zero attached hydrogens (tertiary/aromatic N) is 7. The van der Waals surface area contributed by atoms with Crippen molar-refractivity contribution in [1.82, 2.24) is 33.9 Å². The standard InChI is InChI=1S/C15H13Cl2N3O2.C14H13Cl2N5O4S.C5H12NO4P/c1-2-7-22-13-9-12(10(16)8-11(13)17)20-15(21)19-6-4-3-5-14(19)18-20;1-7-4-5-8(15)12(11(7)16)20-26(22,23)14-18-13-17-9(24-2)6-10(25-3)21(13)19-14;1-11(9,10)3-2-4(6)5(7)8/h1,8-9H,3-7H2;4-6,20H,1-3H3;4H,2-3,6H2,1H3,(H,7,8)(H,9,10). The third-order valence-electron chi connectivity index (χ3n) is 8.10. The molecule has 19 nitrogen and oxygen atoms in total. The first-order valence-corrected chi connectivity index (χ1v) is 22.3. The van der Waals surface area contributed by atoms with Crippen molar-refractivity contribution in [3.8, 4) is 35.5 Å². The predicted octanol–water partition coefficient (Wildman–Crippen LogP) is 4.94. The maximum Gasteiger partial charge on any atom is 0.350 e. The molecule has 0 amide bonds. The largest absolute Gasteiger partial charge is 0.481 e. The van der Waals surface area contributed by atoms with E-state index in [2.05, 4.69) is 30.8 Å². The summed E-state index contributed by atoms with van der Waals surface area (Å²) in [6.45, 7) is 3.66. The first-order valence-electron chi connectivity index (χ1n) is 17.1. The number of carbonyl (C=O) groups is 1. The number of fused-ring (bicyclic) bond motifs is 2. The van der Waals surface area contributed by atoms with Gasteiger partial charge in [-0.25, -0.2) is 4.79 Å². The van der Waals surface area contributed by atoms with Gasteiger partial charge in [0.15, 0.2) is 7.37 Å². The second kappa shape index (κ2) is 20.1. The molecule has 0 saturated carbocycles. The second-order valence-corrected chi connectivity index (χ2v) is 18.3. The fraction of sp³-hybridized carbons (Fsp3) is 0.353. The number of halogens is 4. The Hall–Kier alpha value is -4.58. The molecule has 0 saturated heterocycles. The highest BCUT2D eigenvalue weighted by atomic mass is 35.5. The minimum absolute atomic E-state index is 0.0111. The van der Waals surface area contributed by atoms with Crippen molar-refractivity contribution in [1.29, 1.82) is 0 Å². The van der Waals surface area contributed by atoms with Crippen molar-refractivity contribution in [3.05, 3.63) is 72.3 Å². The minimum atomic E-state index is -4.18. The van der Waals surface area contributed by atoms with E-state index in [1.165, 1.54) is 43.8 Å². The number of nitrogens with two attached hydrogens (primary N) is 1. The van der Waals surface area contributed by atoms with E-state index in [9.17, 15) is 22.6 Å². The van der Waals surface area contributed by atoms with Gasteiger partial charge < -0.3 is 29.9 Å². The molecule has 0 radical (unpaired) electrons. The van der Waals surface area contributed by atoms with Crippen molar-refractivity contribution in [2.24, 2.45) is 5.73 Å². The van der Waals surface area contributed by atoms with Crippen molar-refractivity contribution in [2.75, 3.05) is 38.4 Å². The summed E-state index contributed by atoms with van der Waals surface area (Å²) in [6.07, 6.45) is 7.97. The van der Waals surface area contributed by atoms with Crippen molar-refractivity contribution in [2.45, 2.75) is 50.4 Å². The topological polar surface area (TPSA) is 257 Å². The molecule has 0 aliphatic carbocycles. The maximum atomic E-state index is 12.7. The Labute approximate surface area is 357 Å². The summed E-state index contributed by atoms with van der Waals surface area (Å²) in [7, 11) is -4.47. The average molecular weight is 938 g/mol. The molecule has 25 heteroatoms. The Kier molecular flexibility index (Phi) is 16.1. The highest BCUT2D eigenvalue weighted by Gasteiger charge is 2.26. The number of hydrogen-bond acceptors (Lipinski definition) is 13. The second-order valence-electron chi connectivity index (χ2n) is 12.6. The number of aryl methyl sites for hydroxylation is 2. The molecule has 5 N–H and O–H groups in total. The lowest BCUT2D eigenvalue weighted by Gasteiger charge is -2.10. The number of carboxylic acids is 1. The summed E-state index contributed by atoms with van der Waals surface area (Å²) < 4.78 is 58.0. The molecule has 2 atom stereocenters. The summed E-state index contributed by atoms with van der Waals surface area (Å²) in [5, 5.41) is 17.1. The Morgan fingerprint density at radius 1 is 1.08 bits per heavy atom. The number of benzene rings is 2. The number of methoxy groups -OCH3 is 2. The van der Waals surface area contributed by atoms with E-state index < -0.39 is 34.6 Å². The number of hydrogen-bond donors (Lipinski definition) is 4. The molecule has 5 aromatic rings. The third-order valence-corrected chi connectivity index (χ3v) is 11.7. The van der Waals surface area contributed by atoms with Gasteiger partial charge in [0.05, 0.1) is 51.8 Å². The first-order chi connectivity index (χ1) is 27.7. The van der Waals surface area contributed by atoms with E-state index in [0.29, 0.717) is 33.6 Å². The molecule has 4 heterocycles. The molecule has 6 rings (SSSR count). The summed E-state index contributed by atoms with van der Waals surface area (Å²) in [5.74, 6) is 2.76. The Bertz CT molecular complexity index is 2610. The quantitative estimate of drug-likeness (QED) is 0.0955. The van der Waals surface area contributed by atoms with Crippen LogP contribution in [-0.2, 0) is 32.3 Å². The number of sulfonamides is 1. The van der Waals surface area contributed by atoms with Crippen LogP contribution in [0.4, 0.5) is 5.69 Å². The smallest absolute Gasteiger partial charge is 0.350 e. The highest BCUT2D eigenvalue weighted by Crippen LogP contribution is 2.36. The van der Waals surface area contributed by atoms with E-state index in [4.69, 9.17) is 82.8 Å². The lowest BCUT2D eigenvalue weighted by Crippen LogP contribution is -2.30. The zero-order chi connectivity index (χ0) is 43.8. The van der Waals surface area contributed by atoms with Crippen LogP contribution in [0.2, 0.25) is 20.1 Å². The SMILES string of the molecule is C#CCOc1cc(-n2nc3n(c2=O)CCCC3)c(Cl)cc1Cl.COc1cc(OC)n2nc(S(=O)(=O)Nc3c(Cl)ccc(C)c3Cl)nc2n1.CP(=O)(O)CCC(N)C(=O)O. The average Bonchev–Trinajstić information content (AvgIpc) is 3.78. The van der Waals surface area contributed by atoms with Crippen LogP contribution >= 0.6 is 53.8 Å². The normalized spacial score (nSPS) is 13.6. The zero-order valence-electron chi connectivity index (χ0n) is 31.7. The van der Waals surface area contributed by atoms with Gasteiger partial charge in [-0.2, -0.15) is 27.6 Å². The van der Waals surface area contributed by atoms with Gasteiger partial charge in [0.25, 0.3) is 21.0 Å². The summed E-state index contributed by atoms with van der Waals surface area (Å²) >= 11 is 24.5. The molecule has 3 aromatic heterocycles. The van der Waals surface area contributed by atoms with E-state index in [-0.39, 0.29) is 58.1 Å². The fourth-order valence-corrected chi connectivity index (χ4v) is 7.88. The van der Waals surface area contributed by atoms with Crippen LogP contribution in [0.25, 0.3) is 11.5 Å². The summed E-state index contributed by atoms with van der Waals surface area (Å²) in [5.41, 5.74) is 6.02. The van der Waals surface area contributed by atoms with Crippen molar-refractivity contribution >= 4 is 81.2 Å². The molecule has 2 aromatic carbocycles. The van der Waals surface area contributed by atoms with Gasteiger partial charge in [0.1, 0.15) is 24.2 Å². The predicted molar refractivity (Wildman–Crippen MR) is 222 cm³/mol. The monoisotopic (exact) mass is 935 g/mol. The first kappa shape index (κ1) is 47.1. The lowest BCUT2D eigenvalue weighted by molar-refractivity contribution is -0.138. The number of ether oxygens (including phenoxy) is 3. The molecule has 1 aliphatic rings. The molecule has 59 heavy (non-hydrogen) atoms. The van der Waals surface area contributed by atoms with E-state index in [1.54, 1.807) is 23.6 Å². The van der Waals surface area contributed by atoms with Crippen LogP contribution in [0.1, 0.15) is 30.7 Å². The van der Waals surface area contributed by atoms with Crippen molar-refractivity contribution in [3.63, 3.8) is 0 Å². The van der Waals surface area contributed by atoms with E-state index >= 15 is 0 Å². The van der Waals surface area contributed by atoms with Crippen molar-refractivity contribution < 1.29 is 42.0 Å². The number of anilines is 1.